The fourth-order valence-electron chi connectivity index (χ4n) is 1.40. The minimum Gasteiger partial charge on any atom is -0.435 e. The Labute approximate surface area is 114 Å². The average Bonchev–Trinajstić information content (AvgIpc) is 2.31. The lowest BCUT2D eigenvalue weighted by Gasteiger charge is -2.13. The van der Waals surface area contributed by atoms with Gasteiger partial charge in [0.15, 0.2) is 0 Å². The summed E-state index contributed by atoms with van der Waals surface area (Å²) in [6.45, 7) is -0.954. The van der Waals surface area contributed by atoms with E-state index in [9.17, 15) is 13.6 Å². The molecule has 2 N–H and O–H groups in total. The van der Waals surface area contributed by atoms with Gasteiger partial charge in [0, 0.05) is 17.5 Å². The Morgan fingerprint density at radius 3 is 2.53 bits per heavy atom. The van der Waals surface area contributed by atoms with Gasteiger partial charge in [-0.25, -0.2) is 4.79 Å². The normalized spacial score (nSPS) is 12.1. The molecule has 0 aliphatic rings. The topological polar surface area (TPSA) is 50.4 Å². The van der Waals surface area contributed by atoms with Crippen LogP contribution in [0.15, 0.2) is 24.3 Å². The number of alkyl halides is 2. The van der Waals surface area contributed by atoms with Gasteiger partial charge in [0.2, 0.25) is 0 Å². The van der Waals surface area contributed by atoms with Crippen LogP contribution in [0.1, 0.15) is 6.92 Å². The number of amides is 2. The van der Waals surface area contributed by atoms with Crippen LogP contribution in [0, 0.1) is 0 Å². The first-order valence-electron chi connectivity index (χ1n) is 5.62. The van der Waals surface area contributed by atoms with Crippen LogP contribution in [0.5, 0.6) is 5.75 Å². The SMILES string of the molecule is CSCC(C)NC(=O)Nc1ccc(OC(F)F)cc1. The maximum Gasteiger partial charge on any atom is 0.387 e. The minimum atomic E-state index is -2.85. The smallest absolute Gasteiger partial charge is 0.387 e. The number of rotatable bonds is 6. The van der Waals surface area contributed by atoms with Gasteiger partial charge in [-0.05, 0) is 37.4 Å². The fourth-order valence-corrected chi connectivity index (χ4v) is 1.99. The standard InChI is InChI=1S/C12H16F2N2O2S/c1-8(7-19-2)15-12(17)16-9-3-5-10(6-4-9)18-11(13)14/h3-6,8,11H,7H2,1-2H3,(H2,15,16,17). The van der Waals surface area contributed by atoms with Crippen LogP contribution in [0.25, 0.3) is 0 Å². The van der Waals surface area contributed by atoms with Crippen molar-refractivity contribution in [3.8, 4) is 5.75 Å². The maximum absolute atomic E-state index is 11.9. The summed E-state index contributed by atoms with van der Waals surface area (Å²) in [7, 11) is 0. The minimum absolute atomic E-state index is 0.0523. The first kappa shape index (κ1) is 15.6. The lowest BCUT2D eigenvalue weighted by atomic mass is 10.3. The molecule has 0 aliphatic heterocycles. The van der Waals surface area contributed by atoms with E-state index in [1.807, 2.05) is 13.2 Å². The number of hydrogen-bond donors (Lipinski definition) is 2. The summed E-state index contributed by atoms with van der Waals surface area (Å²) in [5, 5.41) is 5.36. The van der Waals surface area contributed by atoms with Gasteiger partial charge in [-0.15, -0.1) is 0 Å². The number of halogens is 2. The third-order valence-corrected chi connectivity index (χ3v) is 2.96. The lowest BCUT2D eigenvalue weighted by Crippen LogP contribution is -2.37. The van der Waals surface area contributed by atoms with Crippen LogP contribution >= 0.6 is 11.8 Å². The zero-order chi connectivity index (χ0) is 14.3. The summed E-state index contributed by atoms with van der Waals surface area (Å²) >= 11 is 1.64. The molecule has 0 aliphatic carbocycles. The second-order valence-electron chi connectivity index (χ2n) is 3.86. The van der Waals surface area contributed by atoms with Gasteiger partial charge in [0.1, 0.15) is 5.75 Å². The molecule has 2 amide bonds. The van der Waals surface area contributed by atoms with Crippen molar-refractivity contribution in [1.82, 2.24) is 5.32 Å². The van der Waals surface area contributed by atoms with Gasteiger partial charge in [-0.3, -0.25) is 0 Å². The highest BCUT2D eigenvalue weighted by atomic mass is 32.2. The summed E-state index contributed by atoms with van der Waals surface area (Å²) in [6.07, 6.45) is 1.96. The Morgan fingerprint density at radius 2 is 2.00 bits per heavy atom. The highest BCUT2D eigenvalue weighted by Gasteiger charge is 2.07. The van der Waals surface area contributed by atoms with Crippen molar-refractivity contribution in [3.05, 3.63) is 24.3 Å². The summed E-state index contributed by atoms with van der Waals surface area (Å²) < 4.78 is 28.1. The van der Waals surface area contributed by atoms with Crippen LogP contribution in [0.2, 0.25) is 0 Å². The predicted octanol–water partition coefficient (Wildman–Crippen LogP) is 3.16. The Bertz CT molecular complexity index is 401. The van der Waals surface area contributed by atoms with E-state index in [0.717, 1.165) is 5.75 Å². The largest absolute Gasteiger partial charge is 0.435 e. The number of nitrogens with one attached hydrogen (secondary N) is 2. The zero-order valence-electron chi connectivity index (χ0n) is 10.7. The van der Waals surface area contributed by atoms with Gasteiger partial charge in [-0.1, -0.05) is 0 Å². The zero-order valence-corrected chi connectivity index (χ0v) is 11.5. The molecule has 0 radical (unpaired) electrons. The molecule has 0 saturated heterocycles. The number of carbonyl (C=O) groups excluding carboxylic acids is 1. The van der Waals surface area contributed by atoms with E-state index in [-0.39, 0.29) is 17.8 Å². The first-order valence-corrected chi connectivity index (χ1v) is 7.02. The van der Waals surface area contributed by atoms with E-state index >= 15 is 0 Å². The maximum atomic E-state index is 11.9. The van der Waals surface area contributed by atoms with Crippen LogP contribution in [0.4, 0.5) is 19.3 Å². The molecule has 1 unspecified atom stereocenters. The monoisotopic (exact) mass is 290 g/mol. The predicted molar refractivity (Wildman–Crippen MR) is 73.1 cm³/mol. The van der Waals surface area contributed by atoms with Gasteiger partial charge in [0.05, 0.1) is 0 Å². The summed E-state index contributed by atoms with van der Waals surface area (Å²) in [6, 6.07) is 5.45. The molecule has 0 bridgehead atoms. The molecule has 0 heterocycles. The number of thioether (sulfide) groups is 1. The van der Waals surface area contributed by atoms with Gasteiger partial charge in [-0.2, -0.15) is 20.5 Å². The van der Waals surface area contributed by atoms with E-state index in [1.165, 1.54) is 24.3 Å². The molecular weight excluding hydrogens is 274 g/mol. The van der Waals surface area contributed by atoms with E-state index < -0.39 is 6.61 Å². The second-order valence-corrected chi connectivity index (χ2v) is 4.77. The number of urea groups is 1. The van der Waals surface area contributed by atoms with Crippen molar-refractivity contribution < 1.29 is 18.3 Å². The van der Waals surface area contributed by atoms with Crippen molar-refractivity contribution in [2.24, 2.45) is 0 Å². The molecule has 1 atom stereocenters. The highest BCUT2D eigenvalue weighted by molar-refractivity contribution is 7.98. The van der Waals surface area contributed by atoms with Gasteiger partial charge in [0.25, 0.3) is 0 Å². The van der Waals surface area contributed by atoms with E-state index in [0.29, 0.717) is 5.69 Å². The van der Waals surface area contributed by atoms with E-state index in [1.54, 1.807) is 11.8 Å². The molecule has 0 fully saturated rings. The summed E-state index contributed by atoms with van der Waals surface area (Å²) in [5.41, 5.74) is 0.510. The molecule has 1 aromatic rings. The summed E-state index contributed by atoms with van der Waals surface area (Å²) in [5.74, 6) is 0.867. The molecule has 0 saturated carbocycles. The molecular formula is C12H16F2N2O2S. The van der Waals surface area contributed by atoms with Gasteiger partial charge >= 0.3 is 12.6 Å². The molecule has 0 aromatic heterocycles. The number of benzene rings is 1. The van der Waals surface area contributed by atoms with Crippen LogP contribution in [-0.2, 0) is 0 Å². The van der Waals surface area contributed by atoms with Crippen LogP contribution < -0.4 is 15.4 Å². The summed E-state index contributed by atoms with van der Waals surface area (Å²) in [4.78, 5) is 11.6. The molecule has 19 heavy (non-hydrogen) atoms. The van der Waals surface area contributed by atoms with Crippen molar-refractivity contribution >= 4 is 23.5 Å². The molecule has 106 valence electrons. The quantitative estimate of drug-likeness (QED) is 0.846. The van der Waals surface area contributed by atoms with Crippen LogP contribution in [0.3, 0.4) is 0 Å². The number of anilines is 1. The van der Waals surface area contributed by atoms with Crippen molar-refractivity contribution in [2.75, 3.05) is 17.3 Å². The first-order chi connectivity index (χ1) is 9.01. The van der Waals surface area contributed by atoms with E-state index in [2.05, 4.69) is 15.4 Å². The lowest BCUT2D eigenvalue weighted by molar-refractivity contribution is -0.0498. The molecule has 7 heteroatoms. The van der Waals surface area contributed by atoms with E-state index in [4.69, 9.17) is 0 Å². The highest BCUT2D eigenvalue weighted by Crippen LogP contribution is 2.17. The number of hydrogen-bond acceptors (Lipinski definition) is 3. The van der Waals surface area contributed by atoms with Crippen LogP contribution in [-0.4, -0.2) is 30.7 Å². The molecule has 1 aromatic carbocycles. The van der Waals surface area contributed by atoms with Crippen molar-refractivity contribution in [2.45, 2.75) is 19.6 Å². The average molecular weight is 290 g/mol. The van der Waals surface area contributed by atoms with Crippen molar-refractivity contribution in [1.29, 1.82) is 0 Å². The Hall–Kier alpha value is -1.50. The molecule has 1 rings (SSSR count). The Morgan fingerprint density at radius 1 is 1.37 bits per heavy atom. The third kappa shape index (κ3) is 6.28. The Kier molecular flexibility index (Phi) is 6.41. The number of carbonyl (C=O) groups is 1. The fraction of sp³-hybridized carbons (Fsp3) is 0.417. The Balaban J connectivity index is 2.46. The molecule has 4 nitrogen and oxygen atoms in total. The third-order valence-electron chi connectivity index (χ3n) is 2.13. The van der Waals surface area contributed by atoms with Gasteiger partial charge < -0.3 is 15.4 Å². The number of ether oxygens (including phenoxy) is 1. The molecule has 0 spiro atoms. The van der Waals surface area contributed by atoms with Crippen molar-refractivity contribution in [3.63, 3.8) is 0 Å². The second kappa shape index (κ2) is 7.83.